The van der Waals surface area contributed by atoms with Crippen molar-refractivity contribution in [3.05, 3.63) is 28.0 Å². The van der Waals surface area contributed by atoms with Crippen LogP contribution in [0, 0.1) is 6.92 Å². The quantitative estimate of drug-likeness (QED) is 0.822. The molecule has 21 heavy (non-hydrogen) atoms. The maximum absolute atomic E-state index is 4.63. The highest BCUT2D eigenvalue weighted by Gasteiger charge is 2.27. The third-order valence-electron chi connectivity index (χ3n) is 3.36. The first-order valence-corrected chi connectivity index (χ1v) is 8.40. The number of anilines is 2. The molecule has 0 atom stereocenters. The van der Waals surface area contributed by atoms with Gasteiger partial charge in [-0.15, -0.1) is 11.3 Å². The van der Waals surface area contributed by atoms with E-state index >= 15 is 0 Å². The molecule has 0 aromatic carbocycles. The van der Waals surface area contributed by atoms with Crippen LogP contribution in [0.2, 0.25) is 0 Å². The van der Waals surface area contributed by atoms with Crippen molar-refractivity contribution >= 4 is 23.0 Å². The fraction of sp³-hybridized carbons (Fsp3) is 0.533. The molecule has 1 saturated carbocycles. The van der Waals surface area contributed by atoms with Crippen molar-refractivity contribution in [1.29, 1.82) is 0 Å². The lowest BCUT2D eigenvalue weighted by molar-refractivity contribution is 0.910. The van der Waals surface area contributed by atoms with Gasteiger partial charge in [-0.1, -0.05) is 0 Å². The molecular weight excluding hydrogens is 282 g/mol. The number of aryl methyl sites for hydroxylation is 1. The molecule has 2 heterocycles. The minimum Gasteiger partial charge on any atom is -0.370 e. The molecule has 0 amide bonds. The number of aromatic nitrogens is 3. The summed E-state index contributed by atoms with van der Waals surface area (Å²) in [4.78, 5) is 13.7. The Hall–Kier alpha value is -1.69. The molecule has 0 spiro atoms. The van der Waals surface area contributed by atoms with Crippen LogP contribution in [0.3, 0.4) is 0 Å². The van der Waals surface area contributed by atoms with Gasteiger partial charge in [-0.3, -0.25) is 0 Å². The lowest BCUT2D eigenvalue weighted by Gasteiger charge is -2.10. The molecule has 112 valence electrons. The standard InChI is InChI=1S/C15H21N5S/c1-3-16-12-8-13(20-15(19-12)11-4-5-11)17-7-6-14-18-10(2)9-21-14/h8-9,11H,3-7H2,1-2H3,(H2,16,17,19,20). The Morgan fingerprint density at radius 1 is 1.19 bits per heavy atom. The molecule has 1 aliphatic carbocycles. The predicted molar refractivity (Wildman–Crippen MR) is 87.2 cm³/mol. The van der Waals surface area contributed by atoms with Gasteiger partial charge >= 0.3 is 0 Å². The first-order chi connectivity index (χ1) is 10.2. The van der Waals surface area contributed by atoms with Gasteiger partial charge in [-0.05, 0) is 26.7 Å². The van der Waals surface area contributed by atoms with E-state index in [1.165, 1.54) is 17.8 Å². The molecule has 2 aromatic rings. The highest BCUT2D eigenvalue weighted by atomic mass is 32.1. The van der Waals surface area contributed by atoms with Crippen molar-refractivity contribution in [3.8, 4) is 0 Å². The van der Waals surface area contributed by atoms with Gasteiger partial charge in [0, 0.05) is 42.6 Å². The number of rotatable bonds is 7. The van der Waals surface area contributed by atoms with Gasteiger partial charge in [0.1, 0.15) is 17.5 Å². The molecule has 6 heteroatoms. The van der Waals surface area contributed by atoms with E-state index in [9.17, 15) is 0 Å². The number of thiazole rings is 1. The van der Waals surface area contributed by atoms with E-state index in [0.717, 1.165) is 42.7 Å². The smallest absolute Gasteiger partial charge is 0.136 e. The maximum Gasteiger partial charge on any atom is 0.136 e. The second kappa shape index (κ2) is 6.39. The van der Waals surface area contributed by atoms with Gasteiger partial charge in [0.05, 0.1) is 5.01 Å². The predicted octanol–water partition coefficient (Wildman–Crippen LogP) is 3.21. The van der Waals surface area contributed by atoms with Crippen LogP contribution in [-0.4, -0.2) is 28.0 Å². The van der Waals surface area contributed by atoms with Crippen LogP contribution in [0.15, 0.2) is 11.4 Å². The van der Waals surface area contributed by atoms with E-state index in [4.69, 9.17) is 0 Å². The highest BCUT2D eigenvalue weighted by Crippen LogP contribution is 2.38. The molecule has 2 N–H and O–H groups in total. The van der Waals surface area contributed by atoms with Crippen molar-refractivity contribution in [2.45, 2.75) is 39.0 Å². The number of nitrogens with one attached hydrogen (secondary N) is 2. The second-order valence-corrected chi connectivity index (χ2v) is 6.30. The summed E-state index contributed by atoms with van der Waals surface area (Å²) < 4.78 is 0. The Balaban J connectivity index is 1.63. The van der Waals surface area contributed by atoms with E-state index < -0.39 is 0 Å². The highest BCUT2D eigenvalue weighted by molar-refractivity contribution is 7.09. The molecule has 0 bridgehead atoms. The summed E-state index contributed by atoms with van der Waals surface area (Å²) in [5.74, 6) is 3.37. The summed E-state index contributed by atoms with van der Waals surface area (Å²) in [5, 5.41) is 9.94. The first kappa shape index (κ1) is 14.3. The molecule has 1 fully saturated rings. The minimum absolute atomic E-state index is 0.561. The summed E-state index contributed by atoms with van der Waals surface area (Å²) in [6.07, 6.45) is 3.36. The molecule has 0 unspecified atom stereocenters. The maximum atomic E-state index is 4.63. The van der Waals surface area contributed by atoms with E-state index in [-0.39, 0.29) is 0 Å². The van der Waals surface area contributed by atoms with E-state index in [2.05, 4.69) is 37.9 Å². The molecule has 0 radical (unpaired) electrons. The van der Waals surface area contributed by atoms with E-state index in [0.29, 0.717) is 5.92 Å². The molecule has 2 aromatic heterocycles. The number of nitrogens with zero attached hydrogens (tertiary/aromatic N) is 3. The average molecular weight is 303 g/mol. The Morgan fingerprint density at radius 3 is 2.57 bits per heavy atom. The van der Waals surface area contributed by atoms with Gasteiger partial charge in [0.25, 0.3) is 0 Å². The third kappa shape index (κ3) is 3.91. The average Bonchev–Trinajstić information content (AvgIpc) is 3.23. The molecule has 5 nitrogen and oxygen atoms in total. The Kier molecular flexibility index (Phi) is 4.34. The zero-order valence-electron chi connectivity index (χ0n) is 12.5. The fourth-order valence-electron chi connectivity index (χ4n) is 2.17. The number of hydrogen-bond acceptors (Lipinski definition) is 6. The van der Waals surface area contributed by atoms with Gasteiger partial charge in [-0.2, -0.15) is 0 Å². The van der Waals surface area contributed by atoms with Crippen LogP contribution in [-0.2, 0) is 6.42 Å². The van der Waals surface area contributed by atoms with Crippen molar-refractivity contribution in [2.75, 3.05) is 23.7 Å². The van der Waals surface area contributed by atoms with Crippen LogP contribution in [0.25, 0.3) is 0 Å². The van der Waals surface area contributed by atoms with Crippen LogP contribution in [0.4, 0.5) is 11.6 Å². The fourth-order valence-corrected chi connectivity index (χ4v) is 2.94. The molecule has 3 rings (SSSR count). The first-order valence-electron chi connectivity index (χ1n) is 7.52. The van der Waals surface area contributed by atoms with E-state index in [1.807, 2.05) is 13.0 Å². The van der Waals surface area contributed by atoms with Crippen LogP contribution < -0.4 is 10.6 Å². The Morgan fingerprint density at radius 2 is 1.95 bits per heavy atom. The molecule has 1 aliphatic rings. The number of hydrogen-bond donors (Lipinski definition) is 2. The second-order valence-electron chi connectivity index (χ2n) is 5.36. The Bertz CT molecular complexity index is 606. The SMILES string of the molecule is CCNc1cc(NCCc2nc(C)cs2)nc(C2CC2)n1. The minimum atomic E-state index is 0.561. The van der Waals surface area contributed by atoms with Crippen LogP contribution >= 0.6 is 11.3 Å². The zero-order valence-corrected chi connectivity index (χ0v) is 13.3. The monoisotopic (exact) mass is 303 g/mol. The van der Waals surface area contributed by atoms with Gasteiger partial charge in [0.15, 0.2) is 0 Å². The summed E-state index contributed by atoms with van der Waals surface area (Å²) in [5.41, 5.74) is 1.10. The van der Waals surface area contributed by atoms with Crippen molar-refractivity contribution in [1.82, 2.24) is 15.0 Å². The third-order valence-corrected chi connectivity index (χ3v) is 4.38. The van der Waals surface area contributed by atoms with Crippen molar-refractivity contribution in [2.24, 2.45) is 0 Å². The van der Waals surface area contributed by atoms with Gasteiger partial charge in [0.2, 0.25) is 0 Å². The van der Waals surface area contributed by atoms with Crippen molar-refractivity contribution in [3.63, 3.8) is 0 Å². The van der Waals surface area contributed by atoms with Gasteiger partial charge in [-0.25, -0.2) is 15.0 Å². The topological polar surface area (TPSA) is 62.7 Å². The zero-order chi connectivity index (χ0) is 14.7. The molecule has 0 aliphatic heterocycles. The molecular formula is C15H21N5S. The van der Waals surface area contributed by atoms with Gasteiger partial charge < -0.3 is 10.6 Å². The lowest BCUT2D eigenvalue weighted by Crippen LogP contribution is -2.10. The lowest BCUT2D eigenvalue weighted by atomic mass is 10.3. The van der Waals surface area contributed by atoms with Crippen LogP contribution in [0.5, 0.6) is 0 Å². The summed E-state index contributed by atoms with van der Waals surface area (Å²) >= 11 is 1.72. The summed E-state index contributed by atoms with van der Waals surface area (Å²) in [7, 11) is 0. The summed E-state index contributed by atoms with van der Waals surface area (Å²) in [6.45, 7) is 5.83. The molecule has 0 saturated heterocycles. The van der Waals surface area contributed by atoms with E-state index in [1.54, 1.807) is 11.3 Å². The largest absolute Gasteiger partial charge is 0.370 e. The normalized spacial score (nSPS) is 14.2. The summed E-state index contributed by atoms with van der Waals surface area (Å²) in [6, 6.07) is 1.99. The Labute approximate surface area is 129 Å². The van der Waals surface area contributed by atoms with Crippen LogP contribution in [0.1, 0.15) is 42.2 Å². The van der Waals surface area contributed by atoms with Crippen molar-refractivity contribution < 1.29 is 0 Å².